The van der Waals surface area contributed by atoms with Gasteiger partial charge in [-0.15, -0.1) is 11.3 Å². The zero-order valence-corrected chi connectivity index (χ0v) is 16.0. The molecule has 2 heterocycles. The fourth-order valence-electron chi connectivity index (χ4n) is 3.47. The number of hydrogen-bond acceptors (Lipinski definition) is 4. The number of fused-ring (bicyclic) bond motifs is 1. The van der Waals surface area contributed by atoms with Gasteiger partial charge < -0.3 is 10.3 Å². The monoisotopic (exact) mass is 361 g/mol. The molecule has 2 aromatic carbocycles. The van der Waals surface area contributed by atoms with Crippen LogP contribution < -0.4 is 4.90 Å². The molecule has 26 heavy (non-hydrogen) atoms. The van der Waals surface area contributed by atoms with E-state index in [-0.39, 0.29) is 0 Å². The Labute approximate surface area is 158 Å². The SMILES string of the molecule is CC(=N)c1ccc(C(C)c2cnc(N3CCc4ccccc4C3)s2)cc1. The summed E-state index contributed by atoms with van der Waals surface area (Å²) in [6.45, 7) is 6.04. The highest BCUT2D eigenvalue weighted by Crippen LogP contribution is 2.34. The summed E-state index contributed by atoms with van der Waals surface area (Å²) >= 11 is 1.80. The zero-order valence-electron chi connectivity index (χ0n) is 15.2. The summed E-state index contributed by atoms with van der Waals surface area (Å²) in [4.78, 5) is 8.40. The van der Waals surface area contributed by atoms with E-state index in [4.69, 9.17) is 10.4 Å². The van der Waals surface area contributed by atoms with Gasteiger partial charge in [0.05, 0.1) is 0 Å². The van der Waals surface area contributed by atoms with Gasteiger partial charge >= 0.3 is 0 Å². The largest absolute Gasteiger partial charge is 0.343 e. The van der Waals surface area contributed by atoms with Gasteiger partial charge in [-0.05, 0) is 35.6 Å². The van der Waals surface area contributed by atoms with Gasteiger partial charge in [0.2, 0.25) is 0 Å². The lowest BCUT2D eigenvalue weighted by Gasteiger charge is -2.28. The molecular formula is C22H23N3S. The maximum atomic E-state index is 7.73. The molecular weight excluding hydrogens is 338 g/mol. The van der Waals surface area contributed by atoms with E-state index in [9.17, 15) is 0 Å². The lowest BCUT2D eigenvalue weighted by atomic mass is 9.98. The molecule has 0 bridgehead atoms. The molecule has 1 atom stereocenters. The van der Waals surface area contributed by atoms with Gasteiger partial charge in [-0.3, -0.25) is 0 Å². The highest BCUT2D eigenvalue weighted by Gasteiger charge is 2.20. The van der Waals surface area contributed by atoms with Crippen LogP contribution in [0.25, 0.3) is 0 Å². The number of nitrogens with zero attached hydrogens (tertiary/aromatic N) is 2. The van der Waals surface area contributed by atoms with Crippen LogP contribution in [0.3, 0.4) is 0 Å². The minimum atomic E-state index is 0.318. The van der Waals surface area contributed by atoms with Crippen molar-refractivity contribution in [2.24, 2.45) is 0 Å². The predicted octanol–water partition coefficient (Wildman–Crippen LogP) is 5.25. The average Bonchev–Trinajstić information content (AvgIpc) is 3.17. The van der Waals surface area contributed by atoms with E-state index < -0.39 is 0 Å². The van der Waals surface area contributed by atoms with Gasteiger partial charge in [0.25, 0.3) is 0 Å². The summed E-state index contributed by atoms with van der Waals surface area (Å²) in [7, 11) is 0. The molecule has 1 aliphatic heterocycles. The first-order valence-corrected chi connectivity index (χ1v) is 9.86. The van der Waals surface area contributed by atoms with Crippen LogP contribution in [0.1, 0.15) is 46.9 Å². The maximum absolute atomic E-state index is 7.73. The lowest BCUT2D eigenvalue weighted by Crippen LogP contribution is -2.30. The number of nitrogens with one attached hydrogen (secondary N) is 1. The Hall–Kier alpha value is -2.46. The van der Waals surface area contributed by atoms with E-state index in [0.717, 1.165) is 30.2 Å². The van der Waals surface area contributed by atoms with Gasteiger partial charge in [-0.25, -0.2) is 4.98 Å². The third-order valence-electron chi connectivity index (χ3n) is 5.18. The number of aromatic nitrogens is 1. The van der Waals surface area contributed by atoms with Crippen LogP contribution >= 0.6 is 11.3 Å². The quantitative estimate of drug-likeness (QED) is 0.645. The number of anilines is 1. The fraction of sp³-hybridized carbons (Fsp3) is 0.273. The molecule has 0 saturated heterocycles. The van der Waals surface area contributed by atoms with Crippen molar-refractivity contribution in [1.82, 2.24) is 4.98 Å². The summed E-state index contributed by atoms with van der Waals surface area (Å²) in [6, 6.07) is 17.1. The topological polar surface area (TPSA) is 40.0 Å². The van der Waals surface area contributed by atoms with Crippen molar-refractivity contribution in [3.63, 3.8) is 0 Å². The van der Waals surface area contributed by atoms with Crippen LogP contribution in [0.4, 0.5) is 5.13 Å². The minimum Gasteiger partial charge on any atom is -0.343 e. The van der Waals surface area contributed by atoms with Crippen LogP contribution in [0.2, 0.25) is 0 Å². The van der Waals surface area contributed by atoms with E-state index in [1.54, 1.807) is 11.3 Å². The second-order valence-electron chi connectivity index (χ2n) is 6.95. The molecule has 1 aliphatic rings. The van der Waals surface area contributed by atoms with E-state index >= 15 is 0 Å². The average molecular weight is 362 g/mol. The zero-order chi connectivity index (χ0) is 18.1. The van der Waals surface area contributed by atoms with Crippen LogP contribution in [0.15, 0.2) is 54.7 Å². The molecule has 1 N–H and O–H groups in total. The van der Waals surface area contributed by atoms with Crippen molar-refractivity contribution in [2.75, 3.05) is 11.4 Å². The molecule has 132 valence electrons. The van der Waals surface area contributed by atoms with Gasteiger partial charge in [0.15, 0.2) is 5.13 Å². The molecule has 0 fully saturated rings. The van der Waals surface area contributed by atoms with Crippen LogP contribution in [-0.2, 0) is 13.0 Å². The van der Waals surface area contributed by atoms with E-state index in [2.05, 4.69) is 48.2 Å². The number of thiazole rings is 1. The molecule has 3 nitrogen and oxygen atoms in total. The van der Waals surface area contributed by atoms with Crippen LogP contribution in [-0.4, -0.2) is 17.2 Å². The Kier molecular flexibility index (Phi) is 4.60. The Balaban J connectivity index is 1.52. The van der Waals surface area contributed by atoms with E-state index in [1.807, 2.05) is 25.3 Å². The van der Waals surface area contributed by atoms with Crippen molar-refractivity contribution < 1.29 is 0 Å². The normalized spacial score (nSPS) is 14.8. The van der Waals surface area contributed by atoms with Crippen molar-refractivity contribution >= 4 is 22.2 Å². The second kappa shape index (κ2) is 7.04. The predicted molar refractivity (Wildman–Crippen MR) is 110 cm³/mol. The summed E-state index contributed by atoms with van der Waals surface area (Å²) in [5.74, 6) is 0.318. The molecule has 0 aliphatic carbocycles. The molecule has 4 heteroatoms. The summed E-state index contributed by atoms with van der Waals surface area (Å²) in [6.07, 6.45) is 3.12. The second-order valence-corrected chi connectivity index (χ2v) is 7.99. The first-order valence-electron chi connectivity index (χ1n) is 9.05. The highest BCUT2D eigenvalue weighted by molar-refractivity contribution is 7.15. The molecule has 3 aromatic rings. The number of benzene rings is 2. The highest BCUT2D eigenvalue weighted by atomic mass is 32.1. The maximum Gasteiger partial charge on any atom is 0.185 e. The summed E-state index contributed by atoms with van der Waals surface area (Å²) < 4.78 is 0. The van der Waals surface area contributed by atoms with Crippen LogP contribution in [0.5, 0.6) is 0 Å². The van der Waals surface area contributed by atoms with Crippen LogP contribution in [0, 0.1) is 5.41 Å². The molecule has 1 aromatic heterocycles. The van der Waals surface area contributed by atoms with Gasteiger partial charge in [0.1, 0.15) is 0 Å². The van der Waals surface area contributed by atoms with Gasteiger partial charge in [0, 0.05) is 35.8 Å². The fourth-order valence-corrected chi connectivity index (χ4v) is 4.49. The van der Waals surface area contributed by atoms with Gasteiger partial charge in [-0.2, -0.15) is 0 Å². The van der Waals surface area contributed by atoms with Gasteiger partial charge in [-0.1, -0.05) is 55.5 Å². The molecule has 0 saturated carbocycles. The molecule has 0 spiro atoms. The first-order chi connectivity index (χ1) is 12.6. The third-order valence-corrected chi connectivity index (χ3v) is 6.42. The smallest absolute Gasteiger partial charge is 0.185 e. The number of hydrogen-bond donors (Lipinski definition) is 1. The van der Waals surface area contributed by atoms with Crippen molar-refractivity contribution in [3.05, 3.63) is 81.9 Å². The third kappa shape index (κ3) is 3.29. The molecule has 0 amide bonds. The van der Waals surface area contributed by atoms with Crippen molar-refractivity contribution in [2.45, 2.75) is 32.7 Å². The summed E-state index contributed by atoms with van der Waals surface area (Å²) in [5, 5.41) is 8.85. The number of rotatable bonds is 4. The van der Waals surface area contributed by atoms with Crippen molar-refractivity contribution in [3.8, 4) is 0 Å². The van der Waals surface area contributed by atoms with E-state index in [1.165, 1.54) is 21.6 Å². The Morgan fingerprint density at radius 1 is 1.12 bits per heavy atom. The Bertz CT molecular complexity index is 927. The minimum absolute atomic E-state index is 0.318. The summed E-state index contributed by atoms with van der Waals surface area (Å²) in [5.41, 5.74) is 5.75. The molecule has 0 radical (unpaired) electrons. The lowest BCUT2D eigenvalue weighted by molar-refractivity contribution is 0.729. The first kappa shape index (κ1) is 17.0. The van der Waals surface area contributed by atoms with E-state index in [0.29, 0.717) is 11.6 Å². The molecule has 4 rings (SSSR count). The van der Waals surface area contributed by atoms with Crippen molar-refractivity contribution in [1.29, 1.82) is 5.41 Å². The standard InChI is InChI=1S/C22H23N3S/c1-15(17-7-9-18(10-8-17)16(2)23)21-13-24-22(26-21)25-12-11-19-5-3-4-6-20(19)14-25/h3-10,13,15,23H,11-12,14H2,1-2H3. The Morgan fingerprint density at radius 2 is 1.85 bits per heavy atom. The molecule has 1 unspecified atom stereocenters. The Morgan fingerprint density at radius 3 is 2.58 bits per heavy atom.